The zero-order valence-electron chi connectivity index (χ0n) is 9.47. The Bertz CT molecular complexity index is 337. The largest absolute Gasteiger partial charge is 0.398 e. The van der Waals surface area contributed by atoms with Gasteiger partial charge in [-0.2, -0.15) is 0 Å². The summed E-state index contributed by atoms with van der Waals surface area (Å²) >= 11 is 3.49. The van der Waals surface area contributed by atoms with Crippen molar-refractivity contribution in [2.24, 2.45) is 0 Å². The van der Waals surface area contributed by atoms with Gasteiger partial charge in [0.15, 0.2) is 0 Å². The fourth-order valence-electron chi connectivity index (χ4n) is 1.25. The Kier molecular flexibility index (Phi) is 4.42. The minimum atomic E-state index is 0.819. The Hall–Kier alpha value is -0.740. The molecule has 0 heterocycles. The number of hydrogen-bond acceptors (Lipinski definition) is 3. The quantitative estimate of drug-likeness (QED) is 0.826. The van der Waals surface area contributed by atoms with Crippen LogP contribution in [0.25, 0.3) is 0 Å². The summed E-state index contributed by atoms with van der Waals surface area (Å²) in [5, 5.41) is 3.37. The maximum atomic E-state index is 5.80. The molecule has 0 fully saturated rings. The molecule has 0 aliphatic carbocycles. The minimum absolute atomic E-state index is 0.819. The number of nitrogen functional groups attached to an aromatic ring is 1. The van der Waals surface area contributed by atoms with E-state index in [1.165, 1.54) is 0 Å². The zero-order valence-corrected chi connectivity index (χ0v) is 11.1. The summed E-state index contributed by atoms with van der Waals surface area (Å²) in [4.78, 5) is 2.14. The number of hydrogen-bond donors (Lipinski definition) is 2. The van der Waals surface area contributed by atoms with Gasteiger partial charge in [-0.3, -0.25) is 0 Å². The van der Waals surface area contributed by atoms with Gasteiger partial charge < -0.3 is 16.0 Å². The van der Waals surface area contributed by atoms with Crippen LogP contribution in [0, 0.1) is 6.92 Å². The Morgan fingerprint density at radius 1 is 1.40 bits per heavy atom. The number of aryl methyl sites for hydroxylation is 1. The van der Waals surface area contributed by atoms with Crippen LogP contribution in [0.4, 0.5) is 11.4 Å². The number of nitrogens with one attached hydrogen (secondary N) is 1. The first kappa shape index (κ1) is 12.3. The van der Waals surface area contributed by atoms with Gasteiger partial charge in [-0.05, 0) is 54.6 Å². The fourth-order valence-corrected chi connectivity index (χ4v) is 1.75. The molecule has 3 nitrogen and oxygen atoms in total. The predicted molar refractivity (Wildman–Crippen MR) is 70.3 cm³/mol. The molecule has 0 spiro atoms. The van der Waals surface area contributed by atoms with E-state index in [9.17, 15) is 0 Å². The highest BCUT2D eigenvalue weighted by Gasteiger charge is 2.02. The number of benzene rings is 1. The van der Waals surface area contributed by atoms with Crippen molar-refractivity contribution in [2.75, 3.05) is 38.2 Å². The van der Waals surface area contributed by atoms with Crippen LogP contribution in [-0.2, 0) is 0 Å². The molecule has 1 aromatic carbocycles. The van der Waals surface area contributed by atoms with Crippen molar-refractivity contribution in [2.45, 2.75) is 6.92 Å². The van der Waals surface area contributed by atoms with Gasteiger partial charge in [0, 0.05) is 28.9 Å². The zero-order chi connectivity index (χ0) is 11.4. The lowest BCUT2D eigenvalue weighted by Gasteiger charge is -2.13. The molecule has 0 saturated heterocycles. The van der Waals surface area contributed by atoms with Crippen molar-refractivity contribution in [1.29, 1.82) is 0 Å². The van der Waals surface area contributed by atoms with Crippen LogP contribution in [0.15, 0.2) is 16.6 Å². The number of anilines is 2. The topological polar surface area (TPSA) is 41.3 Å². The third-order valence-corrected chi connectivity index (χ3v) is 2.89. The van der Waals surface area contributed by atoms with Crippen molar-refractivity contribution in [3.63, 3.8) is 0 Å². The maximum Gasteiger partial charge on any atom is 0.0489 e. The summed E-state index contributed by atoms with van der Waals surface area (Å²) in [6.07, 6.45) is 0. The molecule has 0 aromatic heterocycles. The van der Waals surface area contributed by atoms with Gasteiger partial charge in [0.25, 0.3) is 0 Å². The molecular weight excluding hydrogens is 254 g/mol. The van der Waals surface area contributed by atoms with Crippen molar-refractivity contribution >= 4 is 27.3 Å². The van der Waals surface area contributed by atoms with Crippen molar-refractivity contribution in [3.8, 4) is 0 Å². The highest BCUT2D eigenvalue weighted by Crippen LogP contribution is 2.27. The smallest absolute Gasteiger partial charge is 0.0489 e. The lowest BCUT2D eigenvalue weighted by molar-refractivity contribution is 0.425. The molecule has 4 heteroatoms. The molecule has 84 valence electrons. The standard InChI is InChI=1S/C11H18BrN3/c1-8-6-11(9(12)7-10(8)13)14-4-5-15(2)3/h6-7,14H,4-5,13H2,1-3H3. The molecule has 0 unspecified atom stereocenters. The van der Waals surface area contributed by atoms with E-state index in [2.05, 4.69) is 46.3 Å². The molecule has 0 aliphatic heterocycles. The molecule has 1 rings (SSSR count). The van der Waals surface area contributed by atoms with E-state index in [-0.39, 0.29) is 0 Å². The summed E-state index contributed by atoms with van der Waals surface area (Å²) in [6, 6.07) is 4.00. The van der Waals surface area contributed by atoms with Gasteiger partial charge in [0.2, 0.25) is 0 Å². The Morgan fingerprint density at radius 2 is 2.07 bits per heavy atom. The molecule has 15 heavy (non-hydrogen) atoms. The van der Waals surface area contributed by atoms with E-state index in [0.717, 1.165) is 34.5 Å². The van der Waals surface area contributed by atoms with Crippen LogP contribution in [0.3, 0.4) is 0 Å². The summed E-state index contributed by atoms with van der Waals surface area (Å²) in [5.41, 5.74) is 8.82. The number of nitrogens with zero attached hydrogens (tertiary/aromatic N) is 1. The summed E-state index contributed by atoms with van der Waals surface area (Å²) in [7, 11) is 4.12. The van der Waals surface area contributed by atoms with Gasteiger partial charge in [0.1, 0.15) is 0 Å². The number of likely N-dealkylation sites (N-methyl/N-ethyl adjacent to an activating group) is 1. The first-order valence-electron chi connectivity index (χ1n) is 4.95. The molecule has 3 N–H and O–H groups in total. The second kappa shape index (κ2) is 5.37. The summed E-state index contributed by atoms with van der Waals surface area (Å²) in [5.74, 6) is 0. The number of halogens is 1. The molecule has 0 aliphatic rings. The van der Waals surface area contributed by atoms with Crippen molar-refractivity contribution < 1.29 is 0 Å². The van der Waals surface area contributed by atoms with Crippen molar-refractivity contribution in [3.05, 3.63) is 22.2 Å². The fraction of sp³-hybridized carbons (Fsp3) is 0.455. The van der Waals surface area contributed by atoms with Gasteiger partial charge in [-0.1, -0.05) is 0 Å². The predicted octanol–water partition coefficient (Wildman–Crippen LogP) is 2.31. The first-order chi connectivity index (χ1) is 7.00. The molecule has 0 bridgehead atoms. The second-order valence-corrected chi connectivity index (χ2v) is 4.77. The molecule has 0 saturated carbocycles. The van der Waals surface area contributed by atoms with Gasteiger partial charge in [-0.25, -0.2) is 0 Å². The maximum absolute atomic E-state index is 5.80. The molecule has 0 radical (unpaired) electrons. The van der Waals surface area contributed by atoms with Gasteiger partial charge >= 0.3 is 0 Å². The number of rotatable bonds is 4. The Labute approximate surface area is 99.8 Å². The van der Waals surface area contributed by atoms with E-state index in [1.807, 2.05) is 13.0 Å². The van der Waals surface area contributed by atoms with Crippen LogP contribution in [0.2, 0.25) is 0 Å². The van der Waals surface area contributed by atoms with Crippen molar-refractivity contribution in [1.82, 2.24) is 4.90 Å². The van der Waals surface area contributed by atoms with Crippen LogP contribution in [0.5, 0.6) is 0 Å². The van der Waals surface area contributed by atoms with E-state index in [1.54, 1.807) is 0 Å². The van der Waals surface area contributed by atoms with Crippen LogP contribution in [-0.4, -0.2) is 32.1 Å². The van der Waals surface area contributed by atoms with Gasteiger partial charge in [-0.15, -0.1) is 0 Å². The molecule has 1 aromatic rings. The third kappa shape index (κ3) is 3.72. The van der Waals surface area contributed by atoms with Crippen LogP contribution < -0.4 is 11.1 Å². The SMILES string of the molecule is Cc1cc(NCCN(C)C)c(Br)cc1N. The average molecular weight is 272 g/mol. The molecular formula is C11H18BrN3. The Morgan fingerprint density at radius 3 is 2.67 bits per heavy atom. The van der Waals surface area contributed by atoms with E-state index < -0.39 is 0 Å². The monoisotopic (exact) mass is 271 g/mol. The second-order valence-electron chi connectivity index (χ2n) is 3.92. The first-order valence-corrected chi connectivity index (χ1v) is 5.74. The summed E-state index contributed by atoms with van der Waals surface area (Å²) < 4.78 is 1.02. The van der Waals surface area contributed by atoms with E-state index in [4.69, 9.17) is 5.73 Å². The summed E-state index contributed by atoms with van der Waals surface area (Å²) in [6.45, 7) is 3.95. The lowest BCUT2D eigenvalue weighted by Crippen LogP contribution is -2.20. The molecule has 0 amide bonds. The number of nitrogens with two attached hydrogens (primary N) is 1. The highest BCUT2D eigenvalue weighted by molar-refractivity contribution is 9.10. The van der Waals surface area contributed by atoms with E-state index >= 15 is 0 Å². The normalized spacial score (nSPS) is 10.7. The highest BCUT2D eigenvalue weighted by atomic mass is 79.9. The third-order valence-electron chi connectivity index (χ3n) is 2.23. The van der Waals surface area contributed by atoms with E-state index in [0.29, 0.717) is 0 Å². The average Bonchev–Trinajstić information content (AvgIpc) is 2.13. The Balaban J connectivity index is 2.65. The van der Waals surface area contributed by atoms with Crippen LogP contribution in [0.1, 0.15) is 5.56 Å². The van der Waals surface area contributed by atoms with Gasteiger partial charge in [0.05, 0.1) is 0 Å². The minimum Gasteiger partial charge on any atom is -0.398 e. The molecule has 0 atom stereocenters. The van der Waals surface area contributed by atoms with Crippen LogP contribution >= 0.6 is 15.9 Å². The lowest BCUT2D eigenvalue weighted by atomic mass is 10.2.